The first-order chi connectivity index (χ1) is 12.8. The number of aromatic nitrogens is 1. The van der Waals surface area contributed by atoms with Crippen molar-refractivity contribution in [3.05, 3.63) is 53.0 Å². The number of nitrogens with zero attached hydrogens (tertiary/aromatic N) is 2. The Morgan fingerprint density at radius 3 is 2.81 bits per heavy atom. The summed E-state index contributed by atoms with van der Waals surface area (Å²) in [6, 6.07) is 10.0. The predicted octanol–water partition coefficient (Wildman–Crippen LogP) is 2.57. The molecule has 6 nitrogen and oxygen atoms in total. The van der Waals surface area contributed by atoms with Gasteiger partial charge in [-0.3, -0.25) is 0 Å². The van der Waals surface area contributed by atoms with Crippen molar-refractivity contribution >= 4 is 28.7 Å². The zero-order chi connectivity index (χ0) is 17.5. The Morgan fingerprint density at radius 2 is 1.96 bits per heavy atom. The van der Waals surface area contributed by atoms with Crippen molar-refractivity contribution in [2.75, 3.05) is 42.9 Å². The minimum Gasteiger partial charge on any atom is -0.422 e. The van der Waals surface area contributed by atoms with Crippen LogP contribution >= 0.6 is 0 Å². The van der Waals surface area contributed by atoms with Gasteiger partial charge < -0.3 is 24.5 Å². The minimum absolute atomic E-state index is 0.304. The Balaban J connectivity index is 1.55. The summed E-state index contributed by atoms with van der Waals surface area (Å²) in [5.41, 5.74) is 2.88. The lowest BCUT2D eigenvalue weighted by atomic mass is 10.1. The summed E-state index contributed by atoms with van der Waals surface area (Å²) in [6.45, 7) is 4.67. The van der Waals surface area contributed by atoms with Crippen molar-refractivity contribution < 1.29 is 4.42 Å². The molecule has 0 radical (unpaired) electrons. The molecule has 0 unspecified atom stereocenters. The molecule has 0 spiro atoms. The molecule has 4 heterocycles. The van der Waals surface area contributed by atoms with E-state index >= 15 is 0 Å². The van der Waals surface area contributed by atoms with Gasteiger partial charge in [-0.15, -0.1) is 0 Å². The molecular formula is C20H20N4O2. The summed E-state index contributed by atoms with van der Waals surface area (Å²) in [5, 5.41) is 7.57. The summed E-state index contributed by atoms with van der Waals surface area (Å²) >= 11 is 0. The fourth-order valence-corrected chi connectivity index (χ4v) is 3.64. The van der Waals surface area contributed by atoms with Crippen LogP contribution in [0.25, 0.3) is 28.3 Å². The summed E-state index contributed by atoms with van der Waals surface area (Å²) in [7, 11) is 0. The summed E-state index contributed by atoms with van der Waals surface area (Å²) in [5.74, 6) is 0.982. The van der Waals surface area contributed by atoms with Gasteiger partial charge in [-0.1, -0.05) is 0 Å². The van der Waals surface area contributed by atoms with Crippen LogP contribution in [0.5, 0.6) is 0 Å². The van der Waals surface area contributed by atoms with Crippen LogP contribution in [-0.2, 0) is 0 Å². The average molecular weight is 348 g/mol. The molecule has 2 aliphatic rings. The number of anilines is 2. The van der Waals surface area contributed by atoms with E-state index in [-0.39, 0.29) is 5.63 Å². The molecule has 1 fully saturated rings. The highest BCUT2D eigenvalue weighted by molar-refractivity contribution is 5.85. The number of benzene rings is 1. The van der Waals surface area contributed by atoms with Gasteiger partial charge in [0.1, 0.15) is 11.4 Å². The second-order valence-corrected chi connectivity index (χ2v) is 6.69. The van der Waals surface area contributed by atoms with Gasteiger partial charge >= 0.3 is 5.63 Å². The Kier molecular flexibility index (Phi) is 3.57. The topological polar surface area (TPSA) is 62.4 Å². The van der Waals surface area contributed by atoms with Crippen LogP contribution < -0.4 is 21.2 Å². The lowest BCUT2D eigenvalue weighted by Crippen LogP contribution is -2.43. The molecule has 6 heteroatoms. The van der Waals surface area contributed by atoms with Crippen LogP contribution in [0.4, 0.5) is 11.5 Å². The lowest BCUT2D eigenvalue weighted by molar-refractivity contribution is 0.561. The fraction of sp³-hybridized carbons (Fsp3) is 0.250. The Morgan fingerprint density at radius 1 is 1.08 bits per heavy atom. The molecule has 0 amide bonds. The third-order valence-corrected chi connectivity index (χ3v) is 5.03. The van der Waals surface area contributed by atoms with Crippen molar-refractivity contribution in [1.29, 1.82) is 0 Å². The van der Waals surface area contributed by atoms with Crippen LogP contribution in [0.1, 0.15) is 0 Å². The number of nitrogens with one attached hydrogen (secondary N) is 2. The number of hydrogen-bond donors (Lipinski definition) is 2. The summed E-state index contributed by atoms with van der Waals surface area (Å²) in [6.07, 6.45) is 5.99. The van der Waals surface area contributed by atoms with Gasteiger partial charge in [0.15, 0.2) is 0 Å². The van der Waals surface area contributed by atoms with Crippen LogP contribution in [0.15, 0.2) is 51.8 Å². The quantitative estimate of drug-likeness (QED) is 0.697. The standard InChI is InChI=1S/C20H20N4O2/c25-20-17(15-11-19-22-4-1-7-24(19)13-15)10-14-2-3-16(12-18(14)26-20)23-8-5-21-6-9-23/h1-3,7,10-13,21-22H,4-6,8-9H2. The summed E-state index contributed by atoms with van der Waals surface area (Å²) in [4.78, 5) is 14.9. The van der Waals surface area contributed by atoms with Crippen molar-refractivity contribution in [1.82, 2.24) is 9.88 Å². The van der Waals surface area contributed by atoms with Gasteiger partial charge in [-0.25, -0.2) is 4.79 Å². The smallest absolute Gasteiger partial charge is 0.344 e. The molecule has 2 aliphatic heterocycles. The maximum atomic E-state index is 12.6. The molecule has 132 valence electrons. The maximum absolute atomic E-state index is 12.6. The molecule has 0 atom stereocenters. The highest BCUT2D eigenvalue weighted by Crippen LogP contribution is 2.28. The van der Waals surface area contributed by atoms with Crippen LogP contribution in [0.2, 0.25) is 0 Å². The zero-order valence-electron chi connectivity index (χ0n) is 14.4. The Bertz CT molecular complexity index is 1060. The first-order valence-corrected chi connectivity index (χ1v) is 8.94. The number of fused-ring (bicyclic) bond motifs is 2. The molecule has 26 heavy (non-hydrogen) atoms. The first kappa shape index (κ1) is 15.3. The number of hydrogen-bond acceptors (Lipinski definition) is 5. The van der Waals surface area contributed by atoms with Crippen LogP contribution in [-0.4, -0.2) is 37.3 Å². The highest BCUT2D eigenvalue weighted by atomic mass is 16.4. The van der Waals surface area contributed by atoms with E-state index in [0.717, 1.165) is 55.2 Å². The lowest BCUT2D eigenvalue weighted by Gasteiger charge is -2.29. The molecule has 0 saturated carbocycles. The van der Waals surface area contributed by atoms with E-state index in [2.05, 4.69) is 21.6 Å². The molecule has 1 saturated heterocycles. The van der Waals surface area contributed by atoms with Crippen molar-refractivity contribution in [2.24, 2.45) is 0 Å². The molecule has 2 N–H and O–H groups in total. The zero-order valence-corrected chi connectivity index (χ0v) is 14.4. The van der Waals surface area contributed by atoms with Gasteiger partial charge in [0.05, 0.1) is 5.56 Å². The average Bonchev–Trinajstić information content (AvgIpc) is 3.11. The van der Waals surface area contributed by atoms with Gasteiger partial charge in [0, 0.05) is 67.8 Å². The molecule has 0 bridgehead atoms. The molecule has 3 aromatic rings. The van der Waals surface area contributed by atoms with E-state index in [1.165, 1.54) is 0 Å². The SMILES string of the molecule is O=c1oc2cc(N3CCNCC3)ccc2cc1-c1cc2n(c1)C=CCN2. The van der Waals surface area contributed by atoms with Crippen LogP contribution in [0, 0.1) is 0 Å². The van der Waals surface area contributed by atoms with Gasteiger partial charge in [0.25, 0.3) is 0 Å². The highest BCUT2D eigenvalue weighted by Gasteiger charge is 2.15. The monoisotopic (exact) mass is 348 g/mol. The minimum atomic E-state index is -0.304. The fourth-order valence-electron chi connectivity index (χ4n) is 3.64. The van der Waals surface area contributed by atoms with E-state index in [1.54, 1.807) is 0 Å². The van der Waals surface area contributed by atoms with E-state index < -0.39 is 0 Å². The van der Waals surface area contributed by atoms with Gasteiger partial charge in [-0.2, -0.15) is 0 Å². The molecule has 1 aromatic carbocycles. The van der Waals surface area contributed by atoms with Crippen molar-refractivity contribution in [2.45, 2.75) is 0 Å². The maximum Gasteiger partial charge on any atom is 0.344 e. The largest absolute Gasteiger partial charge is 0.422 e. The number of rotatable bonds is 2. The van der Waals surface area contributed by atoms with Crippen molar-refractivity contribution in [3.63, 3.8) is 0 Å². The van der Waals surface area contributed by atoms with E-state index in [1.807, 2.05) is 47.3 Å². The molecule has 0 aliphatic carbocycles. The molecule has 5 rings (SSSR count). The molecular weight excluding hydrogens is 328 g/mol. The van der Waals surface area contributed by atoms with Gasteiger partial charge in [-0.05, 0) is 30.3 Å². The number of piperazine rings is 1. The third kappa shape index (κ3) is 2.59. The normalized spacial score (nSPS) is 16.5. The van der Waals surface area contributed by atoms with Gasteiger partial charge in [0.2, 0.25) is 0 Å². The first-order valence-electron chi connectivity index (χ1n) is 8.94. The van der Waals surface area contributed by atoms with Crippen molar-refractivity contribution in [3.8, 4) is 11.1 Å². The van der Waals surface area contributed by atoms with Crippen LogP contribution in [0.3, 0.4) is 0 Å². The second kappa shape index (κ2) is 6.07. The Hall–Kier alpha value is -2.99. The second-order valence-electron chi connectivity index (χ2n) is 6.69. The van der Waals surface area contributed by atoms with E-state index in [9.17, 15) is 4.79 Å². The molecule has 2 aromatic heterocycles. The van der Waals surface area contributed by atoms with E-state index in [0.29, 0.717) is 11.1 Å². The Labute approximate surface area is 150 Å². The predicted molar refractivity (Wildman–Crippen MR) is 105 cm³/mol. The van der Waals surface area contributed by atoms with E-state index in [4.69, 9.17) is 4.42 Å². The third-order valence-electron chi connectivity index (χ3n) is 5.03. The summed E-state index contributed by atoms with van der Waals surface area (Å²) < 4.78 is 7.65.